The highest BCUT2D eigenvalue weighted by molar-refractivity contribution is 6.00. The van der Waals surface area contributed by atoms with Crippen LogP contribution >= 0.6 is 0 Å². The van der Waals surface area contributed by atoms with Crippen LogP contribution < -0.4 is 21.3 Å². The van der Waals surface area contributed by atoms with Crippen molar-refractivity contribution in [1.82, 2.24) is 21.3 Å². The Morgan fingerprint density at radius 1 is 0.542 bits per heavy atom. The lowest BCUT2D eigenvalue weighted by molar-refractivity contribution is -0.259. The molecule has 402 valence electrons. The third-order valence-electron chi connectivity index (χ3n) is 17.3. The maximum atomic E-state index is 16.5. The second-order valence-corrected chi connectivity index (χ2v) is 28.4. The number of rotatable bonds is 14. The van der Waals surface area contributed by atoms with Crippen LogP contribution in [0.4, 0.5) is 0 Å². The Morgan fingerprint density at radius 2 is 0.903 bits per heavy atom. The molecule has 0 bridgehead atoms. The normalized spacial score (nSPS) is 29.6. The second-order valence-electron chi connectivity index (χ2n) is 28.4. The number of carboxylic acid groups (broad SMARTS) is 3. The minimum Gasteiger partial charge on any atom is -0.481 e. The predicted molar refractivity (Wildman–Crippen MR) is 279 cm³/mol. The van der Waals surface area contributed by atoms with Gasteiger partial charge in [0.25, 0.3) is 0 Å². The van der Waals surface area contributed by atoms with E-state index in [0.29, 0.717) is 5.57 Å². The van der Waals surface area contributed by atoms with Gasteiger partial charge in [-0.2, -0.15) is 0 Å². The van der Waals surface area contributed by atoms with Gasteiger partial charge in [-0.15, -0.1) is 0 Å². The fourth-order valence-electron chi connectivity index (χ4n) is 17.2. The Kier molecular flexibility index (Phi) is 14.7. The fourth-order valence-corrected chi connectivity index (χ4v) is 17.2. The number of hydrogen-bond acceptors (Lipinski definition) is 11. The van der Waals surface area contributed by atoms with Crippen LogP contribution in [-0.2, 0) is 23.9 Å². The van der Waals surface area contributed by atoms with Crippen molar-refractivity contribution in [3.63, 3.8) is 0 Å². The van der Waals surface area contributed by atoms with E-state index in [1.165, 1.54) is 12.2 Å². The average molecular weight is 1000 g/mol. The molecule has 0 saturated carbocycles. The number of aliphatic carboxylic acids is 3. The maximum absolute atomic E-state index is 16.5. The quantitative estimate of drug-likeness (QED) is 0.0495. The highest BCUT2D eigenvalue weighted by atomic mass is 16.7. The lowest BCUT2D eigenvalue weighted by Gasteiger charge is -2.69. The first-order valence-electron chi connectivity index (χ1n) is 26.3. The zero-order chi connectivity index (χ0) is 54.5. The summed E-state index contributed by atoms with van der Waals surface area (Å²) >= 11 is 0. The summed E-state index contributed by atoms with van der Waals surface area (Å²) in [5.74, 6) is -14.8. The van der Waals surface area contributed by atoms with Crippen molar-refractivity contribution >= 4 is 29.7 Å². The van der Waals surface area contributed by atoms with Crippen LogP contribution in [0, 0.1) is 45.8 Å². The number of esters is 1. The van der Waals surface area contributed by atoms with E-state index in [9.17, 15) is 25.2 Å². The monoisotopic (exact) mass is 1000 g/mol. The number of allylic oxidation sites excluding steroid dienone is 2. The minimum absolute atomic E-state index is 0.0477. The number of Topliss-reactive ketones (excluding diaryl/α,β-unsaturated/α-hetero) is 1. The molecule has 8 N–H and O–H groups in total. The summed E-state index contributed by atoms with van der Waals surface area (Å²) < 4.78 is 6.26. The van der Waals surface area contributed by atoms with Crippen molar-refractivity contribution in [2.75, 3.05) is 0 Å². The minimum atomic E-state index is -2.79. The van der Waals surface area contributed by atoms with Gasteiger partial charge in [0, 0.05) is 49.9 Å². The van der Waals surface area contributed by atoms with Gasteiger partial charge in [-0.3, -0.25) is 24.0 Å². The van der Waals surface area contributed by atoms with Gasteiger partial charge in [-0.05, 0) is 204 Å². The standard InChI is InChI=1S/C58H90N4O10/c1-35-23-24-41(43(64)36-21-19-18-20-22-36)56(71,25-35)72-42(63)34-55(44(65)66,37-26-47(2,3)59-48(4,5)27-37)58(46(69)70,40-32-53(14,15)62-54(16,17)33-40)57(45(67)68,38-28-49(6,7)60-50(8,9)29-38)39-30-51(10,11)61-52(12,13)31-39/h18-25,37-41,59-62,71H,26-34H2,1-17H3,(H,65,66)(H,67,68)(H,69,70). The lowest BCUT2D eigenvalue weighted by atomic mass is 9.32. The summed E-state index contributed by atoms with van der Waals surface area (Å²) in [4.78, 5) is 78.9. The molecule has 1 aromatic rings. The Bertz CT molecular complexity index is 2260. The number of carbonyl (C=O) groups excluding carboxylic acids is 2. The predicted octanol–water partition coefficient (Wildman–Crippen LogP) is 9.06. The second kappa shape index (κ2) is 18.4. The van der Waals surface area contributed by atoms with Crippen molar-refractivity contribution in [2.45, 2.75) is 226 Å². The number of ether oxygens (including phenoxy) is 1. The van der Waals surface area contributed by atoms with Gasteiger partial charge in [0.2, 0.25) is 5.79 Å². The van der Waals surface area contributed by atoms with Gasteiger partial charge in [-0.25, -0.2) is 0 Å². The van der Waals surface area contributed by atoms with Crippen LogP contribution in [0.5, 0.6) is 0 Å². The molecule has 4 atom stereocenters. The third kappa shape index (κ3) is 10.6. The highest BCUT2D eigenvalue weighted by Gasteiger charge is 2.83. The number of ketones is 1. The fraction of sp³-hybridized carbons (Fsp3) is 0.741. The third-order valence-corrected chi connectivity index (χ3v) is 17.3. The first kappa shape index (κ1) is 57.3. The van der Waals surface area contributed by atoms with Crippen LogP contribution in [-0.4, -0.2) is 100 Å². The van der Waals surface area contributed by atoms with E-state index in [0.717, 1.165) is 0 Å². The number of hydrogen-bond donors (Lipinski definition) is 8. The number of aliphatic hydroxyl groups is 1. The smallest absolute Gasteiger partial charge is 0.312 e. The molecule has 5 aliphatic rings. The van der Waals surface area contributed by atoms with Crippen LogP contribution in [0.15, 0.2) is 54.1 Å². The molecule has 6 rings (SSSR count). The number of carboxylic acids is 3. The van der Waals surface area contributed by atoms with Gasteiger partial charge in [0.05, 0.1) is 17.3 Å². The lowest BCUT2D eigenvalue weighted by Crippen LogP contribution is -2.79. The van der Waals surface area contributed by atoms with Gasteiger partial charge in [0.15, 0.2) is 5.78 Å². The zero-order valence-electron chi connectivity index (χ0n) is 46.6. The molecule has 0 radical (unpaired) electrons. The first-order valence-corrected chi connectivity index (χ1v) is 26.3. The van der Waals surface area contributed by atoms with E-state index in [-0.39, 0.29) is 56.9 Å². The zero-order valence-corrected chi connectivity index (χ0v) is 46.6. The molecular formula is C58H90N4O10. The van der Waals surface area contributed by atoms with Crippen LogP contribution in [0.2, 0.25) is 0 Å². The largest absolute Gasteiger partial charge is 0.481 e. The van der Waals surface area contributed by atoms with Crippen LogP contribution in [0.25, 0.3) is 0 Å². The van der Waals surface area contributed by atoms with Crippen LogP contribution in [0.3, 0.4) is 0 Å². The van der Waals surface area contributed by atoms with Crippen LogP contribution in [0.1, 0.15) is 186 Å². The molecule has 4 heterocycles. The molecule has 14 nitrogen and oxygen atoms in total. The molecule has 0 amide bonds. The first-order chi connectivity index (χ1) is 32.5. The topological polar surface area (TPSA) is 224 Å². The highest BCUT2D eigenvalue weighted by Crippen LogP contribution is 2.74. The molecule has 4 unspecified atom stereocenters. The summed E-state index contributed by atoms with van der Waals surface area (Å²) in [7, 11) is 0. The molecule has 0 aromatic heterocycles. The molecule has 72 heavy (non-hydrogen) atoms. The summed E-state index contributed by atoms with van der Waals surface area (Å²) in [6.45, 7) is 33.1. The molecule has 4 aliphatic heterocycles. The van der Waals surface area contributed by atoms with E-state index in [2.05, 4.69) is 21.3 Å². The van der Waals surface area contributed by atoms with Gasteiger partial charge < -0.3 is 46.4 Å². The maximum Gasteiger partial charge on any atom is 0.312 e. The van der Waals surface area contributed by atoms with Crippen molar-refractivity contribution < 1.29 is 49.1 Å². The molecule has 0 spiro atoms. The molecule has 1 aliphatic carbocycles. The Labute approximate surface area is 429 Å². The van der Waals surface area contributed by atoms with E-state index in [1.807, 2.05) is 111 Å². The van der Waals surface area contributed by atoms with Gasteiger partial charge >= 0.3 is 23.9 Å². The summed E-state index contributed by atoms with van der Waals surface area (Å²) in [5, 5.41) is 67.1. The SMILES string of the molecule is CC1=CC(O)(OC(=O)CC(C(=O)O)(C2CC(C)(C)NC(C)(C)C2)C(C(=O)O)(C2CC(C)(C)NC(C)(C)C2)C(C(=O)O)(C2CC(C)(C)NC(C)(C)C2)C2CC(C)(C)NC(C)(C)C2)C(C(=O)c2ccccc2)C=C1. The molecule has 1 aromatic carbocycles. The van der Waals surface area contributed by atoms with E-state index >= 15 is 19.2 Å². The Hall–Kier alpha value is -3.95. The molecule has 4 saturated heterocycles. The van der Waals surface area contributed by atoms with E-state index in [4.69, 9.17) is 4.74 Å². The number of carbonyl (C=O) groups is 5. The number of nitrogens with one attached hydrogen (secondary N) is 4. The molecular weight excluding hydrogens is 913 g/mol. The van der Waals surface area contributed by atoms with Crippen molar-refractivity contribution in [3.05, 3.63) is 59.7 Å². The van der Waals surface area contributed by atoms with Crippen molar-refractivity contribution in [1.29, 1.82) is 0 Å². The Morgan fingerprint density at radius 3 is 1.25 bits per heavy atom. The molecule has 4 fully saturated rings. The Balaban J connectivity index is 1.83. The summed E-state index contributed by atoms with van der Waals surface area (Å²) in [6, 6.07) is 8.26. The van der Waals surface area contributed by atoms with E-state index in [1.54, 1.807) is 43.3 Å². The average Bonchev–Trinajstić information content (AvgIpc) is 3.13. The summed E-state index contributed by atoms with van der Waals surface area (Å²) in [6.07, 6.45) is 4.17. The van der Waals surface area contributed by atoms with Crippen molar-refractivity contribution in [2.24, 2.45) is 45.8 Å². The number of benzene rings is 1. The van der Waals surface area contributed by atoms with Gasteiger partial charge in [-0.1, -0.05) is 42.5 Å². The molecule has 14 heteroatoms. The van der Waals surface area contributed by atoms with Crippen molar-refractivity contribution in [3.8, 4) is 0 Å². The number of piperidine rings is 4. The summed E-state index contributed by atoms with van der Waals surface area (Å²) in [5.41, 5.74) is -13.7. The van der Waals surface area contributed by atoms with Gasteiger partial charge in [0.1, 0.15) is 11.3 Å². The van der Waals surface area contributed by atoms with E-state index < -0.39 is 132 Å².